The molecule has 5 aliphatic heterocycles. The van der Waals surface area contributed by atoms with E-state index in [4.69, 9.17) is 14.2 Å². The van der Waals surface area contributed by atoms with Gasteiger partial charge in [0.25, 0.3) is 0 Å². The maximum atomic E-state index is 14.7. The number of hydrogen-bond acceptors (Lipinski definition) is 9. The molecule has 1 aromatic rings. The number of cyclic esters (lactones) is 1. The predicted molar refractivity (Wildman–Crippen MR) is 169 cm³/mol. The normalized spacial score (nSPS) is 33.1. The van der Waals surface area contributed by atoms with Crippen LogP contribution in [0.15, 0.2) is 53.0 Å². The van der Waals surface area contributed by atoms with Crippen molar-refractivity contribution in [2.24, 2.45) is 11.8 Å². The molecule has 0 radical (unpaired) electrons. The Labute approximate surface area is 276 Å². The number of benzene rings is 1. The van der Waals surface area contributed by atoms with Crippen LogP contribution in [0.5, 0.6) is 0 Å². The highest BCUT2D eigenvalue weighted by Gasteiger charge is 2.74. The second kappa shape index (κ2) is 14.3. The zero-order valence-corrected chi connectivity index (χ0v) is 27.3. The highest BCUT2D eigenvalue weighted by atomic mass is 79.9. The number of esters is 1. The van der Waals surface area contributed by atoms with Crippen LogP contribution >= 0.6 is 15.9 Å². The molecule has 5 bridgehead atoms. The molecule has 0 aliphatic carbocycles. The van der Waals surface area contributed by atoms with Gasteiger partial charge in [0.15, 0.2) is 0 Å². The van der Waals surface area contributed by atoms with Crippen molar-refractivity contribution in [1.29, 1.82) is 0 Å². The van der Waals surface area contributed by atoms with Crippen LogP contribution in [0.3, 0.4) is 0 Å². The Morgan fingerprint density at radius 1 is 1.00 bits per heavy atom. The molecule has 6 atom stereocenters. The fraction of sp³-hybridized carbons (Fsp3) is 0.576. The topological polar surface area (TPSA) is 138 Å². The quantitative estimate of drug-likeness (QED) is 0.317. The third kappa shape index (κ3) is 6.40. The van der Waals surface area contributed by atoms with E-state index in [1.54, 1.807) is 11.0 Å². The first-order valence-electron chi connectivity index (χ1n) is 16.1. The zero-order chi connectivity index (χ0) is 32.3. The van der Waals surface area contributed by atoms with Gasteiger partial charge in [0, 0.05) is 56.8 Å². The summed E-state index contributed by atoms with van der Waals surface area (Å²) in [6, 6.07) is 8.11. The minimum atomic E-state index is -1.39. The molecule has 46 heavy (non-hydrogen) atoms. The van der Waals surface area contributed by atoms with Crippen molar-refractivity contribution in [2.45, 2.75) is 43.1 Å². The first kappa shape index (κ1) is 32.8. The lowest BCUT2D eigenvalue weighted by Gasteiger charge is -2.37. The van der Waals surface area contributed by atoms with Crippen LogP contribution in [-0.4, -0.2) is 127 Å². The zero-order valence-electron chi connectivity index (χ0n) is 25.7. The number of halogens is 1. The monoisotopic (exact) mass is 700 g/mol. The van der Waals surface area contributed by atoms with Gasteiger partial charge in [-0.1, -0.05) is 58.4 Å². The van der Waals surface area contributed by atoms with Crippen molar-refractivity contribution in [3.8, 4) is 0 Å². The second-order valence-electron chi connectivity index (χ2n) is 12.3. The maximum Gasteiger partial charge on any atom is 0.313 e. The molecule has 5 aliphatic rings. The van der Waals surface area contributed by atoms with E-state index in [0.29, 0.717) is 42.8 Å². The van der Waals surface area contributed by atoms with Gasteiger partial charge >= 0.3 is 5.97 Å². The molecule has 12 nitrogen and oxygen atoms in total. The number of carbonyl (C=O) groups excluding carboxylic acids is 4. The van der Waals surface area contributed by atoms with E-state index in [1.807, 2.05) is 42.5 Å². The molecule has 13 heteroatoms. The Morgan fingerprint density at radius 2 is 1.78 bits per heavy atom. The molecule has 0 aromatic heterocycles. The number of aliphatic hydroxyl groups excluding tert-OH is 1. The number of aliphatic hydroxyl groups is 1. The molecule has 0 unspecified atom stereocenters. The summed E-state index contributed by atoms with van der Waals surface area (Å²) in [5, 5.41) is 12.6. The summed E-state index contributed by atoms with van der Waals surface area (Å²) in [4.78, 5) is 61.3. The van der Waals surface area contributed by atoms with Gasteiger partial charge in [-0.3, -0.25) is 24.1 Å². The Hall–Kier alpha value is -3.10. The van der Waals surface area contributed by atoms with Gasteiger partial charge < -0.3 is 34.4 Å². The van der Waals surface area contributed by atoms with E-state index in [2.05, 4.69) is 26.1 Å². The fourth-order valence-electron chi connectivity index (χ4n) is 7.24. The molecule has 5 heterocycles. The average molecular weight is 702 g/mol. The number of ether oxygens (including phenoxy) is 3. The van der Waals surface area contributed by atoms with Crippen molar-refractivity contribution in [2.75, 3.05) is 65.6 Å². The molecule has 6 rings (SSSR count). The highest BCUT2D eigenvalue weighted by Crippen LogP contribution is 2.59. The van der Waals surface area contributed by atoms with Crippen LogP contribution < -0.4 is 5.32 Å². The summed E-state index contributed by atoms with van der Waals surface area (Å²) in [5.41, 5.74) is -0.684. The third-order valence-corrected chi connectivity index (χ3v) is 10.2. The summed E-state index contributed by atoms with van der Waals surface area (Å²) < 4.78 is 18.7. The van der Waals surface area contributed by atoms with Crippen LogP contribution in [0.2, 0.25) is 0 Å². The summed E-state index contributed by atoms with van der Waals surface area (Å²) in [5.74, 6) is -3.49. The minimum Gasteiger partial charge on any atom is -0.455 e. The standard InChI is InChI=1S/C33H41BrN4O8/c34-23-20-33-27-26(28(23)46-33)32(43)45-24(22-8-3-1-4-9-22)21-35-25(40)10-5-2-6-11-37(14-13-36-15-18-44-19-16-36)31(42)29(33)38(30(27)41)12-7-17-39/h1-4,6,8-9,20,24,26-29,39H,5,7,10-19,21H2,(H,35,40)/b6-2-/t24-,26-,27+,28-,29-,33+/m0/s1. The lowest BCUT2D eigenvalue weighted by Crippen LogP contribution is -2.57. The lowest BCUT2D eigenvalue weighted by molar-refractivity contribution is -0.159. The number of carbonyl (C=O) groups is 4. The summed E-state index contributed by atoms with van der Waals surface area (Å²) >= 11 is 3.58. The highest BCUT2D eigenvalue weighted by molar-refractivity contribution is 9.11. The van der Waals surface area contributed by atoms with Gasteiger partial charge in [-0.05, 0) is 24.5 Å². The largest absolute Gasteiger partial charge is 0.455 e. The second-order valence-corrected chi connectivity index (χ2v) is 13.2. The number of allylic oxidation sites excluding steroid dienone is 1. The molecule has 1 spiro atoms. The third-order valence-electron chi connectivity index (χ3n) is 9.54. The van der Waals surface area contributed by atoms with Crippen LogP contribution in [0.25, 0.3) is 0 Å². The Morgan fingerprint density at radius 3 is 2.54 bits per heavy atom. The molecular weight excluding hydrogens is 660 g/mol. The number of rotatable bonds is 7. The molecule has 1 aromatic carbocycles. The Bertz CT molecular complexity index is 1370. The number of likely N-dealkylation sites (tertiary alicyclic amines) is 1. The smallest absolute Gasteiger partial charge is 0.313 e. The van der Waals surface area contributed by atoms with Gasteiger partial charge in [-0.2, -0.15) is 0 Å². The van der Waals surface area contributed by atoms with E-state index < -0.39 is 41.7 Å². The van der Waals surface area contributed by atoms with E-state index in [1.165, 1.54) is 4.90 Å². The Kier molecular flexibility index (Phi) is 10.2. The average Bonchev–Trinajstić information content (AvgIpc) is 3.66. The summed E-state index contributed by atoms with van der Waals surface area (Å²) in [6.07, 6.45) is 4.92. The number of fused-ring (bicyclic) bond motifs is 2. The maximum absolute atomic E-state index is 14.7. The number of hydrogen-bond donors (Lipinski definition) is 2. The van der Waals surface area contributed by atoms with Crippen molar-refractivity contribution >= 4 is 39.6 Å². The van der Waals surface area contributed by atoms with Gasteiger partial charge in [-0.15, -0.1) is 0 Å². The minimum absolute atomic E-state index is 0.0658. The first-order valence-corrected chi connectivity index (χ1v) is 16.9. The molecule has 0 saturated carbocycles. The van der Waals surface area contributed by atoms with E-state index >= 15 is 0 Å². The van der Waals surface area contributed by atoms with Crippen molar-refractivity contribution < 1.29 is 38.5 Å². The Balaban J connectivity index is 1.37. The summed E-state index contributed by atoms with van der Waals surface area (Å²) in [7, 11) is 0. The molecule has 248 valence electrons. The molecule has 3 amide bonds. The SMILES string of the molecule is O=C1CC/C=C\CN(CCN2CCOCC2)C(=O)[C@@H]2N(CCCO)C(=O)[C@H]3[C@H](C(=O)O[C@H](c4ccccc4)CN1)[C@H]1O[C@@]23C=C1Br. The van der Waals surface area contributed by atoms with E-state index in [9.17, 15) is 24.3 Å². The summed E-state index contributed by atoms with van der Waals surface area (Å²) in [6.45, 7) is 4.12. The van der Waals surface area contributed by atoms with Crippen LogP contribution in [0.1, 0.15) is 30.9 Å². The van der Waals surface area contributed by atoms with Crippen molar-refractivity contribution in [1.82, 2.24) is 20.0 Å². The molecule has 2 N–H and O–H groups in total. The van der Waals surface area contributed by atoms with Crippen LogP contribution in [0.4, 0.5) is 0 Å². The molecule has 3 saturated heterocycles. The molecule has 3 fully saturated rings. The number of amides is 3. The number of nitrogens with one attached hydrogen (secondary N) is 1. The van der Waals surface area contributed by atoms with Crippen molar-refractivity contribution in [3.05, 3.63) is 58.6 Å². The van der Waals surface area contributed by atoms with E-state index in [-0.39, 0.29) is 56.8 Å². The fourth-order valence-corrected chi connectivity index (χ4v) is 7.98. The predicted octanol–water partition coefficient (Wildman–Crippen LogP) is 1.15. The lowest BCUT2D eigenvalue weighted by atomic mass is 9.74. The number of nitrogens with zero attached hydrogens (tertiary/aromatic N) is 3. The van der Waals surface area contributed by atoms with Gasteiger partial charge in [-0.25, -0.2) is 0 Å². The van der Waals surface area contributed by atoms with Gasteiger partial charge in [0.1, 0.15) is 29.8 Å². The van der Waals surface area contributed by atoms with Gasteiger partial charge in [0.05, 0.1) is 25.7 Å². The van der Waals surface area contributed by atoms with Gasteiger partial charge in [0.2, 0.25) is 17.7 Å². The van der Waals surface area contributed by atoms with Crippen LogP contribution in [-0.2, 0) is 33.4 Å². The molecular formula is C33H41BrN4O8. The number of morpholine rings is 1. The van der Waals surface area contributed by atoms with Crippen LogP contribution in [0, 0.1) is 11.8 Å². The van der Waals surface area contributed by atoms with E-state index in [0.717, 1.165) is 13.1 Å². The van der Waals surface area contributed by atoms with Crippen molar-refractivity contribution in [3.63, 3.8) is 0 Å². The first-order chi connectivity index (χ1) is 22.3.